The van der Waals surface area contributed by atoms with Crippen molar-refractivity contribution >= 4 is 23.5 Å². The first-order valence-corrected chi connectivity index (χ1v) is 12.9. The molecule has 0 radical (unpaired) electrons. The number of methoxy groups -OCH3 is 1. The van der Waals surface area contributed by atoms with E-state index in [1.54, 1.807) is 42.4 Å². The maximum atomic E-state index is 14.4. The SMILES string of the molecule is COc1ccc(N2CC=C[C@]34O[C@H]5C=CCCOC(=O)[C@H]5[C@H]3C(=O)N([C@@H](CO)CC(C)C)C4C2=O)cc1. The van der Waals surface area contributed by atoms with Crippen LogP contribution in [0.4, 0.5) is 5.69 Å². The van der Waals surface area contributed by atoms with Crippen molar-refractivity contribution in [1.82, 2.24) is 4.90 Å². The monoisotopic (exact) mass is 510 g/mol. The van der Waals surface area contributed by atoms with Crippen LogP contribution in [0.3, 0.4) is 0 Å². The Kier molecular flexibility index (Phi) is 6.85. The third-order valence-corrected chi connectivity index (χ3v) is 7.79. The number of carbonyl (C=O) groups excluding carboxylic acids is 3. The second kappa shape index (κ2) is 9.95. The molecule has 6 atom stereocenters. The Morgan fingerprint density at radius 3 is 2.57 bits per heavy atom. The molecule has 2 amide bonds. The van der Waals surface area contributed by atoms with Gasteiger partial charge in [0.15, 0.2) is 0 Å². The molecule has 9 nitrogen and oxygen atoms in total. The van der Waals surface area contributed by atoms with Gasteiger partial charge in [0.1, 0.15) is 23.3 Å². The summed E-state index contributed by atoms with van der Waals surface area (Å²) in [5.41, 5.74) is -0.709. The third-order valence-electron chi connectivity index (χ3n) is 7.79. The second-order valence-corrected chi connectivity index (χ2v) is 10.5. The van der Waals surface area contributed by atoms with Crippen molar-refractivity contribution in [2.24, 2.45) is 17.8 Å². The van der Waals surface area contributed by atoms with Gasteiger partial charge < -0.3 is 29.1 Å². The number of benzene rings is 1. The quantitative estimate of drug-likeness (QED) is 0.462. The number of carbonyl (C=O) groups is 3. The van der Waals surface area contributed by atoms with E-state index in [-0.39, 0.29) is 37.5 Å². The van der Waals surface area contributed by atoms with Crippen molar-refractivity contribution in [3.8, 4) is 5.75 Å². The Bertz CT molecular complexity index is 1110. The zero-order chi connectivity index (χ0) is 26.3. The van der Waals surface area contributed by atoms with E-state index in [1.807, 2.05) is 32.1 Å². The molecule has 198 valence electrons. The summed E-state index contributed by atoms with van der Waals surface area (Å²) < 4.78 is 17.3. The average molecular weight is 511 g/mol. The van der Waals surface area contributed by atoms with Gasteiger partial charge in [-0.3, -0.25) is 14.4 Å². The van der Waals surface area contributed by atoms with Gasteiger partial charge in [0.05, 0.1) is 38.4 Å². The molecule has 4 aliphatic rings. The lowest BCUT2D eigenvalue weighted by Gasteiger charge is -2.39. The summed E-state index contributed by atoms with van der Waals surface area (Å²) in [5, 5.41) is 10.4. The van der Waals surface area contributed by atoms with Crippen LogP contribution in [0, 0.1) is 17.8 Å². The van der Waals surface area contributed by atoms with Crippen LogP contribution in [-0.2, 0) is 23.9 Å². The summed E-state index contributed by atoms with van der Waals surface area (Å²) >= 11 is 0. The van der Waals surface area contributed by atoms with E-state index in [9.17, 15) is 19.5 Å². The highest BCUT2D eigenvalue weighted by Crippen LogP contribution is 2.54. The molecule has 1 aromatic carbocycles. The lowest BCUT2D eigenvalue weighted by Crippen LogP contribution is -2.58. The van der Waals surface area contributed by atoms with Gasteiger partial charge in [-0.25, -0.2) is 0 Å². The highest BCUT2D eigenvalue weighted by Gasteiger charge is 2.72. The maximum Gasteiger partial charge on any atom is 0.312 e. The first-order valence-electron chi connectivity index (χ1n) is 12.9. The molecular formula is C28H34N2O7. The Morgan fingerprint density at radius 2 is 1.89 bits per heavy atom. The Balaban J connectivity index is 1.63. The first kappa shape index (κ1) is 25.5. The van der Waals surface area contributed by atoms with Crippen molar-refractivity contribution in [2.75, 3.05) is 31.8 Å². The summed E-state index contributed by atoms with van der Waals surface area (Å²) in [6.07, 6.45) is 7.69. The number of anilines is 1. The smallest absolute Gasteiger partial charge is 0.312 e. The van der Waals surface area contributed by atoms with Crippen molar-refractivity contribution in [1.29, 1.82) is 0 Å². The minimum atomic E-state index is -1.36. The minimum Gasteiger partial charge on any atom is -0.497 e. The summed E-state index contributed by atoms with van der Waals surface area (Å²) in [7, 11) is 1.57. The maximum absolute atomic E-state index is 14.4. The number of aliphatic hydroxyl groups excluding tert-OH is 1. The number of aliphatic hydroxyl groups is 1. The van der Waals surface area contributed by atoms with E-state index in [2.05, 4.69) is 0 Å². The number of hydrogen-bond donors (Lipinski definition) is 1. The van der Waals surface area contributed by atoms with Crippen LogP contribution in [0.25, 0.3) is 0 Å². The molecule has 37 heavy (non-hydrogen) atoms. The molecule has 1 unspecified atom stereocenters. The highest BCUT2D eigenvalue weighted by molar-refractivity contribution is 6.05. The van der Waals surface area contributed by atoms with Crippen LogP contribution in [-0.4, -0.2) is 78.4 Å². The van der Waals surface area contributed by atoms with Crippen LogP contribution in [0.2, 0.25) is 0 Å². The van der Waals surface area contributed by atoms with Gasteiger partial charge in [-0.1, -0.05) is 38.2 Å². The van der Waals surface area contributed by atoms with E-state index in [0.717, 1.165) is 0 Å². The number of ether oxygens (including phenoxy) is 3. The summed E-state index contributed by atoms with van der Waals surface area (Å²) in [5.74, 6) is -2.16. The normalized spacial score (nSPS) is 31.9. The fourth-order valence-electron chi connectivity index (χ4n) is 6.25. The fraction of sp³-hybridized carbons (Fsp3) is 0.536. The molecule has 4 aliphatic heterocycles. The predicted octanol–water partition coefficient (Wildman–Crippen LogP) is 2.09. The molecule has 0 aliphatic carbocycles. The zero-order valence-corrected chi connectivity index (χ0v) is 21.4. The van der Waals surface area contributed by atoms with Gasteiger partial charge in [0.2, 0.25) is 5.91 Å². The Morgan fingerprint density at radius 1 is 1.14 bits per heavy atom. The molecule has 2 fully saturated rings. The topological polar surface area (TPSA) is 106 Å². The van der Waals surface area contributed by atoms with E-state index in [0.29, 0.717) is 24.3 Å². The number of amides is 2. The number of nitrogens with zero attached hydrogens (tertiary/aromatic N) is 2. The predicted molar refractivity (Wildman–Crippen MR) is 135 cm³/mol. The van der Waals surface area contributed by atoms with Crippen LogP contribution in [0.1, 0.15) is 26.7 Å². The van der Waals surface area contributed by atoms with E-state index in [1.165, 1.54) is 4.90 Å². The van der Waals surface area contributed by atoms with E-state index >= 15 is 0 Å². The second-order valence-electron chi connectivity index (χ2n) is 10.5. The molecule has 0 bridgehead atoms. The summed E-state index contributed by atoms with van der Waals surface area (Å²) in [6.45, 7) is 4.20. The lowest BCUT2D eigenvalue weighted by atomic mass is 9.77. The number of esters is 1. The number of likely N-dealkylation sites (tertiary alicyclic amines) is 1. The molecule has 0 aromatic heterocycles. The van der Waals surface area contributed by atoms with Crippen molar-refractivity contribution in [3.63, 3.8) is 0 Å². The number of cyclic esters (lactones) is 1. The van der Waals surface area contributed by atoms with Crippen molar-refractivity contribution in [3.05, 3.63) is 48.6 Å². The molecule has 4 heterocycles. The Labute approximate surface area is 216 Å². The molecule has 9 heteroatoms. The van der Waals surface area contributed by atoms with Gasteiger partial charge in [-0.2, -0.15) is 0 Å². The number of rotatable bonds is 6. The van der Waals surface area contributed by atoms with E-state index in [4.69, 9.17) is 14.2 Å². The van der Waals surface area contributed by atoms with Gasteiger partial charge in [0.25, 0.3) is 5.91 Å². The summed E-state index contributed by atoms with van der Waals surface area (Å²) in [4.78, 5) is 44.8. The highest BCUT2D eigenvalue weighted by atomic mass is 16.6. The van der Waals surface area contributed by atoms with Crippen LogP contribution < -0.4 is 9.64 Å². The van der Waals surface area contributed by atoms with Gasteiger partial charge >= 0.3 is 5.97 Å². The molecular weight excluding hydrogens is 476 g/mol. The molecule has 5 rings (SSSR count). The summed E-state index contributed by atoms with van der Waals surface area (Å²) in [6, 6.07) is 5.49. The number of fused-ring (bicyclic) bond motifs is 2. The van der Waals surface area contributed by atoms with Crippen molar-refractivity contribution in [2.45, 2.75) is 50.5 Å². The standard InChI is InChI=1S/C28H34N2O7/c1-17(2)15-19(16-31)30-24-26(33)29(18-8-10-20(35-3)11-9-18)13-6-12-28(24)23(25(30)32)22-21(37-28)7-4-5-14-36-27(22)34/h4,6-12,17,19,21-24,31H,5,13-16H2,1-3H3/t19-,21+,22-,23+,24?,28+/m1/s1. The van der Waals surface area contributed by atoms with Gasteiger partial charge in [-0.05, 0) is 43.0 Å². The van der Waals surface area contributed by atoms with E-state index < -0.39 is 41.6 Å². The fourth-order valence-corrected chi connectivity index (χ4v) is 6.25. The van der Waals surface area contributed by atoms with Gasteiger partial charge in [0, 0.05) is 12.2 Å². The molecule has 2 saturated heterocycles. The average Bonchev–Trinajstić information content (AvgIpc) is 3.26. The first-order chi connectivity index (χ1) is 17.8. The minimum absolute atomic E-state index is 0.165. The molecule has 1 N–H and O–H groups in total. The molecule has 1 aromatic rings. The largest absolute Gasteiger partial charge is 0.497 e. The van der Waals surface area contributed by atoms with Crippen LogP contribution >= 0.6 is 0 Å². The molecule has 1 spiro atoms. The zero-order valence-electron chi connectivity index (χ0n) is 21.4. The number of hydrogen-bond acceptors (Lipinski definition) is 7. The van der Waals surface area contributed by atoms with Gasteiger partial charge in [-0.15, -0.1) is 0 Å². The molecule has 0 saturated carbocycles. The third kappa shape index (κ3) is 4.14. The van der Waals surface area contributed by atoms with Crippen LogP contribution in [0.5, 0.6) is 5.75 Å². The lowest BCUT2D eigenvalue weighted by molar-refractivity contribution is -0.155. The Hall–Kier alpha value is -3.17. The van der Waals surface area contributed by atoms with Crippen LogP contribution in [0.15, 0.2) is 48.6 Å². The van der Waals surface area contributed by atoms with Crippen molar-refractivity contribution < 1.29 is 33.7 Å².